The molecule has 1 aliphatic carbocycles. The van der Waals surface area contributed by atoms with Crippen LogP contribution in [0.4, 0.5) is 5.69 Å². The maximum absolute atomic E-state index is 12.0. The van der Waals surface area contributed by atoms with Gasteiger partial charge in [-0.1, -0.05) is 15.9 Å². The molecule has 4 nitrogen and oxygen atoms in total. The number of halogens is 1. The highest BCUT2D eigenvalue weighted by Crippen LogP contribution is 2.33. The molecule has 3 rings (SSSR count). The van der Waals surface area contributed by atoms with E-state index in [2.05, 4.69) is 15.9 Å². The van der Waals surface area contributed by atoms with E-state index in [1.165, 1.54) is 4.90 Å². The molecule has 104 valence electrons. The molecular formula is C15H14BrNO3. The van der Waals surface area contributed by atoms with Crippen molar-refractivity contribution in [2.45, 2.75) is 25.7 Å². The van der Waals surface area contributed by atoms with Gasteiger partial charge in [0.15, 0.2) is 0 Å². The molecular weight excluding hydrogens is 322 g/mol. The number of amides is 1. The quantitative estimate of drug-likeness (QED) is 0.798. The molecule has 2 aliphatic rings. The second-order valence-electron chi connectivity index (χ2n) is 5.29. The molecule has 1 amide bonds. The Hall–Kier alpha value is -1.49. The number of carbonyl (C=O) groups is 3. The van der Waals surface area contributed by atoms with Crippen molar-refractivity contribution in [3.05, 3.63) is 28.2 Å². The van der Waals surface area contributed by atoms with Crippen LogP contribution >= 0.6 is 15.9 Å². The van der Waals surface area contributed by atoms with Crippen LogP contribution < -0.4 is 4.90 Å². The fourth-order valence-electron chi connectivity index (χ4n) is 2.97. The third-order valence-electron chi connectivity index (χ3n) is 4.07. The number of benzene rings is 1. The van der Waals surface area contributed by atoms with Gasteiger partial charge < -0.3 is 4.90 Å². The molecule has 0 aromatic heterocycles. The van der Waals surface area contributed by atoms with Crippen LogP contribution in [0.25, 0.3) is 0 Å². The van der Waals surface area contributed by atoms with Gasteiger partial charge in [-0.2, -0.15) is 0 Å². The monoisotopic (exact) mass is 335 g/mol. The summed E-state index contributed by atoms with van der Waals surface area (Å²) in [6, 6.07) is 5.21. The van der Waals surface area contributed by atoms with E-state index in [4.69, 9.17) is 0 Å². The van der Waals surface area contributed by atoms with E-state index < -0.39 is 11.7 Å². The average molecular weight is 336 g/mol. The molecule has 0 bridgehead atoms. The molecule has 1 aromatic rings. The van der Waals surface area contributed by atoms with E-state index in [0.29, 0.717) is 30.6 Å². The Bertz CT molecular complexity index is 611. The van der Waals surface area contributed by atoms with Gasteiger partial charge in [-0.15, -0.1) is 0 Å². The van der Waals surface area contributed by atoms with E-state index in [-0.39, 0.29) is 11.7 Å². The first-order chi connectivity index (χ1) is 9.58. The molecule has 1 atom stereocenters. The van der Waals surface area contributed by atoms with Gasteiger partial charge >= 0.3 is 0 Å². The van der Waals surface area contributed by atoms with E-state index in [9.17, 15) is 14.4 Å². The summed E-state index contributed by atoms with van der Waals surface area (Å²) >= 11 is 3.36. The van der Waals surface area contributed by atoms with E-state index in [0.717, 1.165) is 17.3 Å². The SMILES string of the molecule is O=C1C(=O)N(CCC2CCCC2=O)c2cc(Br)ccc21. The molecule has 0 N–H and O–H groups in total. The third kappa shape index (κ3) is 2.20. The van der Waals surface area contributed by atoms with Crippen molar-refractivity contribution in [1.29, 1.82) is 0 Å². The zero-order valence-electron chi connectivity index (χ0n) is 10.9. The predicted molar refractivity (Wildman–Crippen MR) is 77.8 cm³/mol. The number of fused-ring (bicyclic) bond motifs is 1. The van der Waals surface area contributed by atoms with Crippen LogP contribution in [0, 0.1) is 5.92 Å². The smallest absolute Gasteiger partial charge is 0.299 e. The molecule has 0 saturated heterocycles. The summed E-state index contributed by atoms with van der Waals surface area (Å²) in [5, 5.41) is 0. The minimum absolute atomic E-state index is 0.0501. The minimum atomic E-state index is -0.483. The topological polar surface area (TPSA) is 54.5 Å². The van der Waals surface area contributed by atoms with Gasteiger partial charge in [0, 0.05) is 23.4 Å². The lowest BCUT2D eigenvalue weighted by Crippen LogP contribution is -2.32. The highest BCUT2D eigenvalue weighted by molar-refractivity contribution is 9.10. The summed E-state index contributed by atoms with van der Waals surface area (Å²) in [5.41, 5.74) is 1.11. The molecule has 20 heavy (non-hydrogen) atoms. The molecule has 1 aliphatic heterocycles. The zero-order chi connectivity index (χ0) is 14.3. The van der Waals surface area contributed by atoms with Crippen LogP contribution in [0.15, 0.2) is 22.7 Å². The number of Topliss-reactive ketones (excluding diaryl/α,β-unsaturated/α-hetero) is 2. The first-order valence-electron chi connectivity index (χ1n) is 6.76. The standard InChI is InChI=1S/C15H14BrNO3/c16-10-4-5-11-12(8-10)17(15(20)14(11)19)7-6-9-2-1-3-13(9)18/h4-5,8-9H,1-3,6-7H2. The number of rotatable bonds is 3. The Labute approximate surface area is 125 Å². The largest absolute Gasteiger partial charge is 0.305 e. The molecule has 0 radical (unpaired) electrons. The molecule has 1 heterocycles. The van der Waals surface area contributed by atoms with Crippen LogP contribution in [-0.4, -0.2) is 24.0 Å². The van der Waals surface area contributed by atoms with Crippen molar-refractivity contribution < 1.29 is 14.4 Å². The van der Waals surface area contributed by atoms with Gasteiger partial charge in [0.1, 0.15) is 5.78 Å². The minimum Gasteiger partial charge on any atom is -0.305 e. The lowest BCUT2D eigenvalue weighted by Gasteiger charge is -2.18. The number of hydrogen-bond donors (Lipinski definition) is 0. The Morgan fingerprint density at radius 2 is 2.05 bits per heavy atom. The maximum Gasteiger partial charge on any atom is 0.299 e. The molecule has 0 spiro atoms. The number of anilines is 1. The highest BCUT2D eigenvalue weighted by atomic mass is 79.9. The Kier molecular flexibility index (Phi) is 3.46. The van der Waals surface area contributed by atoms with E-state index >= 15 is 0 Å². The number of hydrogen-bond acceptors (Lipinski definition) is 3. The van der Waals surface area contributed by atoms with Gasteiger partial charge in [0.05, 0.1) is 11.3 Å². The summed E-state index contributed by atoms with van der Waals surface area (Å²) in [7, 11) is 0. The van der Waals surface area contributed by atoms with E-state index in [1.54, 1.807) is 18.2 Å². The lowest BCUT2D eigenvalue weighted by molar-refractivity contribution is -0.121. The molecule has 1 saturated carbocycles. The summed E-state index contributed by atoms with van der Waals surface area (Å²) < 4.78 is 0.834. The van der Waals surface area contributed by atoms with E-state index in [1.807, 2.05) is 0 Å². The third-order valence-corrected chi connectivity index (χ3v) is 4.56. The fourth-order valence-corrected chi connectivity index (χ4v) is 3.32. The maximum atomic E-state index is 12.0. The van der Waals surface area contributed by atoms with Gasteiger partial charge in [-0.3, -0.25) is 14.4 Å². The fraction of sp³-hybridized carbons (Fsp3) is 0.400. The first-order valence-corrected chi connectivity index (χ1v) is 7.55. The first kappa shape index (κ1) is 13.5. The van der Waals surface area contributed by atoms with Crippen LogP contribution in [0.5, 0.6) is 0 Å². The van der Waals surface area contributed by atoms with Crippen molar-refractivity contribution in [2.24, 2.45) is 5.92 Å². The summed E-state index contributed by atoms with van der Waals surface area (Å²) in [6.07, 6.45) is 3.14. The van der Waals surface area contributed by atoms with Crippen molar-refractivity contribution in [1.82, 2.24) is 0 Å². The second-order valence-corrected chi connectivity index (χ2v) is 6.21. The van der Waals surface area contributed by atoms with Crippen LogP contribution in [0.1, 0.15) is 36.0 Å². The van der Waals surface area contributed by atoms with Gasteiger partial charge in [0.2, 0.25) is 0 Å². The molecule has 5 heteroatoms. The van der Waals surface area contributed by atoms with Crippen LogP contribution in [0.3, 0.4) is 0 Å². The highest BCUT2D eigenvalue weighted by Gasteiger charge is 2.36. The van der Waals surface area contributed by atoms with Crippen molar-refractivity contribution in [3.8, 4) is 0 Å². The summed E-state index contributed by atoms with van der Waals surface area (Å²) in [4.78, 5) is 37.1. The Morgan fingerprint density at radius 1 is 1.25 bits per heavy atom. The summed E-state index contributed by atoms with van der Waals surface area (Å²) in [5.74, 6) is -0.597. The zero-order valence-corrected chi connectivity index (χ0v) is 12.5. The predicted octanol–water partition coefficient (Wildman–Crippen LogP) is 2.74. The molecule has 1 unspecified atom stereocenters. The number of carbonyl (C=O) groups excluding carboxylic acids is 3. The summed E-state index contributed by atoms with van der Waals surface area (Å²) in [6.45, 7) is 0.435. The van der Waals surface area contributed by atoms with Crippen molar-refractivity contribution in [3.63, 3.8) is 0 Å². The van der Waals surface area contributed by atoms with Gasteiger partial charge in [0.25, 0.3) is 11.7 Å². The van der Waals surface area contributed by atoms with Crippen LogP contribution in [0.2, 0.25) is 0 Å². The molecule has 1 aromatic carbocycles. The normalized spacial score (nSPS) is 21.8. The van der Waals surface area contributed by atoms with Crippen molar-refractivity contribution >= 4 is 39.1 Å². The molecule has 1 fully saturated rings. The average Bonchev–Trinajstić information content (AvgIpc) is 2.92. The van der Waals surface area contributed by atoms with Crippen molar-refractivity contribution in [2.75, 3.05) is 11.4 Å². The van der Waals surface area contributed by atoms with Crippen LogP contribution in [-0.2, 0) is 9.59 Å². The van der Waals surface area contributed by atoms with Gasteiger partial charge in [-0.05, 0) is 37.5 Å². The number of nitrogens with zero attached hydrogens (tertiary/aromatic N) is 1. The van der Waals surface area contributed by atoms with Gasteiger partial charge in [-0.25, -0.2) is 0 Å². The Morgan fingerprint density at radius 3 is 2.75 bits per heavy atom. The second kappa shape index (κ2) is 5.13. The number of ketones is 2. The lowest BCUT2D eigenvalue weighted by atomic mass is 10.0. The Balaban J connectivity index is 1.80.